The fourth-order valence-electron chi connectivity index (χ4n) is 1.55. The van der Waals surface area contributed by atoms with Crippen LogP contribution in [0.4, 0.5) is 11.4 Å². The molecule has 0 aliphatic carbocycles. The zero-order valence-corrected chi connectivity index (χ0v) is 10.5. The summed E-state index contributed by atoms with van der Waals surface area (Å²) in [5.41, 5.74) is 0.701. The SMILES string of the molecule is CCOCCN(C)c1ccc(C=O)cc1[N+](=O)[O-]. The average Bonchev–Trinajstić information content (AvgIpc) is 2.38. The van der Waals surface area contributed by atoms with Gasteiger partial charge in [-0.25, -0.2) is 0 Å². The van der Waals surface area contributed by atoms with Crippen molar-refractivity contribution in [3.8, 4) is 0 Å². The number of ether oxygens (including phenoxy) is 1. The van der Waals surface area contributed by atoms with Crippen molar-refractivity contribution in [2.24, 2.45) is 0 Å². The lowest BCUT2D eigenvalue weighted by atomic mass is 10.2. The van der Waals surface area contributed by atoms with Gasteiger partial charge in [0.25, 0.3) is 5.69 Å². The van der Waals surface area contributed by atoms with Gasteiger partial charge in [-0.05, 0) is 19.1 Å². The molecule has 0 aliphatic rings. The molecule has 0 spiro atoms. The Balaban J connectivity index is 2.92. The highest BCUT2D eigenvalue weighted by Gasteiger charge is 2.17. The molecular formula is C12H16N2O4. The van der Waals surface area contributed by atoms with Gasteiger partial charge in [0.15, 0.2) is 0 Å². The van der Waals surface area contributed by atoms with Crippen LogP contribution < -0.4 is 4.90 Å². The molecule has 0 unspecified atom stereocenters. The van der Waals surface area contributed by atoms with Crippen LogP contribution in [0.1, 0.15) is 17.3 Å². The predicted octanol–water partition coefficient (Wildman–Crippen LogP) is 1.88. The summed E-state index contributed by atoms with van der Waals surface area (Å²) >= 11 is 0. The number of nitro groups is 1. The van der Waals surface area contributed by atoms with Crippen LogP contribution in [0.25, 0.3) is 0 Å². The van der Waals surface area contributed by atoms with E-state index in [-0.39, 0.29) is 5.69 Å². The number of anilines is 1. The van der Waals surface area contributed by atoms with Gasteiger partial charge in [-0.1, -0.05) is 0 Å². The summed E-state index contributed by atoms with van der Waals surface area (Å²) < 4.78 is 5.20. The van der Waals surface area contributed by atoms with E-state index in [9.17, 15) is 14.9 Å². The molecule has 6 nitrogen and oxygen atoms in total. The monoisotopic (exact) mass is 252 g/mol. The highest BCUT2D eigenvalue weighted by molar-refractivity contribution is 5.79. The molecule has 0 aliphatic heterocycles. The average molecular weight is 252 g/mol. The second-order valence-electron chi connectivity index (χ2n) is 3.74. The lowest BCUT2D eigenvalue weighted by molar-refractivity contribution is -0.384. The maximum atomic E-state index is 11.0. The molecular weight excluding hydrogens is 236 g/mol. The molecule has 1 aromatic rings. The number of nitro benzene ring substituents is 1. The first-order chi connectivity index (χ1) is 8.60. The molecule has 0 heterocycles. The zero-order valence-electron chi connectivity index (χ0n) is 10.5. The van der Waals surface area contributed by atoms with Gasteiger partial charge in [-0.2, -0.15) is 0 Å². The molecule has 98 valence electrons. The Kier molecular flexibility index (Phi) is 5.26. The highest BCUT2D eigenvalue weighted by Crippen LogP contribution is 2.27. The van der Waals surface area contributed by atoms with Crippen molar-refractivity contribution in [1.29, 1.82) is 0 Å². The van der Waals surface area contributed by atoms with Crippen LogP contribution in [-0.4, -0.2) is 38.0 Å². The minimum atomic E-state index is -0.487. The van der Waals surface area contributed by atoms with E-state index in [0.717, 1.165) is 0 Å². The quantitative estimate of drug-likeness (QED) is 0.320. The summed E-state index contributed by atoms with van der Waals surface area (Å²) in [4.78, 5) is 22.8. The molecule has 18 heavy (non-hydrogen) atoms. The van der Waals surface area contributed by atoms with Crippen LogP contribution in [0.3, 0.4) is 0 Å². The molecule has 0 saturated carbocycles. The summed E-state index contributed by atoms with van der Waals surface area (Å²) in [7, 11) is 1.75. The Hall–Kier alpha value is -1.95. The van der Waals surface area contributed by atoms with Crippen molar-refractivity contribution < 1.29 is 14.5 Å². The Labute approximate surface area is 105 Å². The van der Waals surface area contributed by atoms with Crippen molar-refractivity contribution >= 4 is 17.7 Å². The minimum absolute atomic E-state index is 0.0707. The van der Waals surface area contributed by atoms with Crippen LogP contribution >= 0.6 is 0 Å². The molecule has 1 rings (SSSR count). The highest BCUT2D eigenvalue weighted by atomic mass is 16.6. The number of benzene rings is 1. The summed E-state index contributed by atoms with van der Waals surface area (Å²) in [5, 5.41) is 11.0. The lowest BCUT2D eigenvalue weighted by Crippen LogP contribution is -2.23. The number of carbonyl (C=O) groups excluding carboxylic acids is 1. The van der Waals surface area contributed by atoms with Crippen molar-refractivity contribution in [2.75, 3.05) is 31.7 Å². The van der Waals surface area contributed by atoms with Crippen LogP contribution in [0.5, 0.6) is 0 Å². The second kappa shape index (κ2) is 6.70. The molecule has 0 atom stereocenters. The number of aldehydes is 1. The summed E-state index contributed by atoms with van der Waals surface area (Å²) in [6, 6.07) is 4.42. The topological polar surface area (TPSA) is 72.7 Å². The first-order valence-electron chi connectivity index (χ1n) is 5.62. The molecule has 0 radical (unpaired) electrons. The molecule has 0 fully saturated rings. The van der Waals surface area contributed by atoms with E-state index in [1.165, 1.54) is 6.07 Å². The number of likely N-dealkylation sites (N-methyl/N-ethyl adjacent to an activating group) is 1. The van der Waals surface area contributed by atoms with Gasteiger partial charge < -0.3 is 9.64 Å². The second-order valence-corrected chi connectivity index (χ2v) is 3.74. The normalized spacial score (nSPS) is 10.1. The maximum absolute atomic E-state index is 11.0. The smallest absolute Gasteiger partial charge is 0.293 e. The van der Waals surface area contributed by atoms with Crippen molar-refractivity contribution in [1.82, 2.24) is 0 Å². The predicted molar refractivity (Wildman–Crippen MR) is 68.2 cm³/mol. The summed E-state index contributed by atoms with van der Waals surface area (Å²) in [6.45, 7) is 3.55. The van der Waals surface area contributed by atoms with E-state index < -0.39 is 4.92 Å². The zero-order chi connectivity index (χ0) is 13.5. The van der Waals surface area contributed by atoms with E-state index in [1.54, 1.807) is 24.1 Å². The van der Waals surface area contributed by atoms with Gasteiger partial charge in [0.2, 0.25) is 0 Å². The third-order valence-corrected chi connectivity index (χ3v) is 2.52. The lowest BCUT2D eigenvalue weighted by Gasteiger charge is -2.19. The van der Waals surface area contributed by atoms with E-state index in [0.29, 0.717) is 37.3 Å². The number of hydrogen-bond acceptors (Lipinski definition) is 5. The van der Waals surface area contributed by atoms with Crippen molar-refractivity contribution in [3.05, 3.63) is 33.9 Å². The molecule has 0 bridgehead atoms. The molecule has 6 heteroatoms. The van der Waals surface area contributed by atoms with E-state index >= 15 is 0 Å². The van der Waals surface area contributed by atoms with Gasteiger partial charge in [0.1, 0.15) is 12.0 Å². The Morgan fingerprint density at radius 3 is 2.78 bits per heavy atom. The molecule has 1 aromatic carbocycles. The van der Waals surface area contributed by atoms with E-state index in [1.807, 2.05) is 6.92 Å². The van der Waals surface area contributed by atoms with Crippen LogP contribution in [0.15, 0.2) is 18.2 Å². The minimum Gasteiger partial charge on any atom is -0.380 e. The van der Waals surface area contributed by atoms with Gasteiger partial charge in [0, 0.05) is 31.8 Å². The Morgan fingerprint density at radius 1 is 1.50 bits per heavy atom. The molecule has 0 amide bonds. The van der Waals surface area contributed by atoms with Crippen LogP contribution in [0.2, 0.25) is 0 Å². The fourth-order valence-corrected chi connectivity index (χ4v) is 1.55. The number of nitrogens with zero attached hydrogens (tertiary/aromatic N) is 2. The third-order valence-electron chi connectivity index (χ3n) is 2.52. The van der Waals surface area contributed by atoms with Gasteiger partial charge >= 0.3 is 0 Å². The third kappa shape index (κ3) is 3.53. The maximum Gasteiger partial charge on any atom is 0.293 e. The number of rotatable bonds is 7. The van der Waals surface area contributed by atoms with Gasteiger partial charge in [0.05, 0.1) is 11.5 Å². The summed E-state index contributed by atoms with van der Waals surface area (Å²) in [6.07, 6.45) is 0.594. The number of carbonyl (C=O) groups is 1. The molecule has 0 aromatic heterocycles. The Bertz CT molecular complexity index is 434. The van der Waals surface area contributed by atoms with Gasteiger partial charge in [-0.3, -0.25) is 14.9 Å². The first kappa shape index (κ1) is 14.1. The van der Waals surface area contributed by atoms with Crippen LogP contribution in [-0.2, 0) is 4.74 Å². The Morgan fingerprint density at radius 2 is 2.22 bits per heavy atom. The molecule has 0 N–H and O–H groups in total. The van der Waals surface area contributed by atoms with Crippen molar-refractivity contribution in [2.45, 2.75) is 6.92 Å². The van der Waals surface area contributed by atoms with Crippen molar-refractivity contribution in [3.63, 3.8) is 0 Å². The van der Waals surface area contributed by atoms with Crippen LogP contribution in [0, 0.1) is 10.1 Å². The largest absolute Gasteiger partial charge is 0.380 e. The summed E-state index contributed by atoms with van der Waals surface area (Å²) in [5.74, 6) is 0. The van der Waals surface area contributed by atoms with Gasteiger partial charge in [-0.15, -0.1) is 0 Å². The van der Waals surface area contributed by atoms with E-state index in [4.69, 9.17) is 4.74 Å². The molecule has 0 saturated heterocycles. The first-order valence-corrected chi connectivity index (χ1v) is 5.62. The standard InChI is InChI=1S/C12H16N2O4/c1-3-18-7-6-13(2)11-5-4-10(9-15)8-12(11)14(16)17/h4-5,8-9H,3,6-7H2,1-2H3. The van der Waals surface area contributed by atoms with E-state index in [2.05, 4.69) is 0 Å². The fraction of sp³-hybridized carbons (Fsp3) is 0.417. The number of hydrogen-bond donors (Lipinski definition) is 0.